The van der Waals surface area contributed by atoms with E-state index < -0.39 is 0 Å². The summed E-state index contributed by atoms with van der Waals surface area (Å²) in [4.78, 5) is 38.3. The van der Waals surface area contributed by atoms with Crippen LogP contribution >= 0.6 is 11.8 Å². The summed E-state index contributed by atoms with van der Waals surface area (Å²) in [6, 6.07) is -0.0174. The molecule has 2 saturated heterocycles. The van der Waals surface area contributed by atoms with Crippen LogP contribution in [0.15, 0.2) is 0 Å². The van der Waals surface area contributed by atoms with E-state index in [0.29, 0.717) is 25.9 Å². The standard InChI is InChI=1S/C12H18N2O3S/c1-8(2)11(16)13-5-3-9(4-6-13)14-10(15)7-18-12(14)17/h8-9H,3-7H2,1-2H3. The van der Waals surface area contributed by atoms with Crippen LogP contribution in [0.25, 0.3) is 0 Å². The lowest BCUT2D eigenvalue weighted by molar-refractivity contribution is -0.136. The second kappa shape index (κ2) is 5.30. The molecule has 2 fully saturated rings. The van der Waals surface area contributed by atoms with Crippen LogP contribution < -0.4 is 0 Å². The van der Waals surface area contributed by atoms with Crippen LogP contribution in [0.5, 0.6) is 0 Å². The van der Waals surface area contributed by atoms with E-state index in [-0.39, 0.29) is 34.8 Å². The van der Waals surface area contributed by atoms with Gasteiger partial charge in [-0.1, -0.05) is 25.6 Å². The van der Waals surface area contributed by atoms with Gasteiger partial charge in [-0.05, 0) is 12.8 Å². The van der Waals surface area contributed by atoms with E-state index in [4.69, 9.17) is 0 Å². The fourth-order valence-electron chi connectivity index (χ4n) is 2.43. The molecule has 0 radical (unpaired) electrons. The molecule has 2 aliphatic rings. The van der Waals surface area contributed by atoms with Crippen LogP contribution in [-0.4, -0.2) is 51.7 Å². The van der Waals surface area contributed by atoms with Gasteiger partial charge in [0.2, 0.25) is 11.8 Å². The molecule has 2 heterocycles. The topological polar surface area (TPSA) is 57.7 Å². The highest BCUT2D eigenvalue weighted by Gasteiger charge is 2.38. The van der Waals surface area contributed by atoms with Crippen LogP contribution in [0.1, 0.15) is 26.7 Å². The molecule has 0 spiro atoms. The third-order valence-corrected chi connectivity index (χ3v) is 4.25. The SMILES string of the molecule is CC(C)C(=O)N1CCC(N2C(=O)CSC2=O)CC1. The molecule has 100 valence electrons. The summed E-state index contributed by atoms with van der Waals surface area (Å²) in [6.45, 7) is 5.06. The molecular formula is C12H18N2O3S. The molecule has 0 bridgehead atoms. The van der Waals surface area contributed by atoms with Gasteiger partial charge in [0.05, 0.1) is 5.75 Å². The normalized spacial score (nSPS) is 22.2. The molecule has 2 aliphatic heterocycles. The number of rotatable bonds is 2. The van der Waals surface area contributed by atoms with Gasteiger partial charge in [-0.25, -0.2) is 0 Å². The first-order valence-corrected chi connectivity index (χ1v) is 7.27. The van der Waals surface area contributed by atoms with Crippen molar-refractivity contribution in [2.45, 2.75) is 32.7 Å². The van der Waals surface area contributed by atoms with Crippen LogP contribution in [0.2, 0.25) is 0 Å². The molecule has 0 unspecified atom stereocenters. The highest BCUT2D eigenvalue weighted by atomic mass is 32.2. The fourth-order valence-corrected chi connectivity index (χ4v) is 3.20. The Labute approximate surface area is 111 Å². The number of nitrogens with zero attached hydrogens (tertiary/aromatic N) is 2. The number of likely N-dealkylation sites (tertiary alicyclic amines) is 1. The molecule has 0 N–H and O–H groups in total. The predicted octanol–water partition coefficient (Wildman–Crippen LogP) is 1.33. The van der Waals surface area contributed by atoms with Gasteiger partial charge in [-0.15, -0.1) is 0 Å². The van der Waals surface area contributed by atoms with Gasteiger partial charge >= 0.3 is 0 Å². The maximum absolute atomic E-state index is 11.8. The van der Waals surface area contributed by atoms with Gasteiger partial charge in [0, 0.05) is 25.0 Å². The summed E-state index contributed by atoms with van der Waals surface area (Å²) in [6.07, 6.45) is 1.41. The van der Waals surface area contributed by atoms with Gasteiger partial charge in [-0.3, -0.25) is 19.3 Å². The predicted molar refractivity (Wildman–Crippen MR) is 69.1 cm³/mol. The lowest BCUT2D eigenvalue weighted by Crippen LogP contribution is -2.49. The van der Waals surface area contributed by atoms with Crippen molar-refractivity contribution in [1.29, 1.82) is 0 Å². The van der Waals surface area contributed by atoms with Crippen molar-refractivity contribution in [3.05, 3.63) is 0 Å². The largest absolute Gasteiger partial charge is 0.342 e. The van der Waals surface area contributed by atoms with Gasteiger partial charge in [0.15, 0.2) is 0 Å². The first-order valence-electron chi connectivity index (χ1n) is 6.28. The molecule has 0 aromatic rings. The molecule has 0 aliphatic carbocycles. The van der Waals surface area contributed by atoms with E-state index in [1.807, 2.05) is 18.7 Å². The number of amides is 3. The zero-order valence-corrected chi connectivity index (χ0v) is 11.5. The minimum Gasteiger partial charge on any atom is -0.342 e. The second-order valence-corrected chi connectivity index (χ2v) is 5.96. The number of carbonyl (C=O) groups is 3. The maximum atomic E-state index is 11.8. The number of hydrogen-bond acceptors (Lipinski definition) is 4. The third-order valence-electron chi connectivity index (χ3n) is 3.42. The van der Waals surface area contributed by atoms with Crippen molar-refractivity contribution < 1.29 is 14.4 Å². The van der Waals surface area contributed by atoms with E-state index in [1.54, 1.807) is 0 Å². The Hall–Kier alpha value is -1.04. The van der Waals surface area contributed by atoms with Crippen molar-refractivity contribution in [2.75, 3.05) is 18.8 Å². The highest BCUT2D eigenvalue weighted by Crippen LogP contribution is 2.26. The highest BCUT2D eigenvalue weighted by molar-refractivity contribution is 8.14. The summed E-state index contributed by atoms with van der Waals surface area (Å²) in [5.74, 6) is 0.344. The number of piperidine rings is 1. The van der Waals surface area contributed by atoms with Gasteiger partial charge < -0.3 is 4.90 Å². The number of hydrogen-bond donors (Lipinski definition) is 0. The fraction of sp³-hybridized carbons (Fsp3) is 0.750. The van der Waals surface area contributed by atoms with Crippen molar-refractivity contribution >= 4 is 28.8 Å². The Balaban J connectivity index is 1.92. The number of imide groups is 1. The quantitative estimate of drug-likeness (QED) is 0.759. The van der Waals surface area contributed by atoms with E-state index in [1.165, 1.54) is 4.90 Å². The second-order valence-electron chi connectivity index (χ2n) is 5.03. The van der Waals surface area contributed by atoms with Gasteiger partial charge in [0.1, 0.15) is 0 Å². The summed E-state index contributed by atoms with van der Waals surface area (Å²) >= 11 is 1.08. The smallest absolute Gasteiger partial charge is 0.289 e. The van der Waals surface area contributed by atoms with Crippen molar-refractivity contribution in [2.24, 2.45) is 5.92 Å². The third kappa shape index (κ3) is 2.53. The van der Waals surface area contributed by atoms with E-state index in [0.717, 1.165) is 11.8 Å². The zero-order chi connectivity index (χ0) is 13.3. The summed E-state index contributed by atoms with van der Waals surface area (Å²) in [7, 11) is 0. The van der Waals surface area contributed by atoms with E-state index in [2.05, 4.69) is 0 Å². The first-order chi connectivity index (χ1) is 8.50. The van der Waals surface area contributed by atoms with Crippen molar-refractivity contribution in [3.8, 4) is 0 Å². The lowest BCUT2D eigenvalue weighted by Gasteiger charge is -2.36. The molecule has 0 aromatic heterocycles. The molecule has 0 aromatic carbocycles. The lowest BCUT2D eigenvalue weighted by atomic mass is 10.0. The molecule has 18 heavy (non-hydrogen) atoms. The average Bonchev–Trinajstić information content (AvgIpc) is 2.68. The van der Waals surface area contributed by atoms with Gasteiger partial charge in [-0.2, -0.15) is 0 Å². The Morgan fingerprint density at radius 2 is 1.89 bits per heavy atom. The Kier molecular flexibility index (Phi) is 3.94. The van der Waals surface area contributed by atoms with Crippen LogP contribution in [0.4, 0.5) is 4.79 Å². The number of thioether (sulfide) groups is 1. The van der Waals surface area contributed by atoms with Crippen LogP contribution in [0.3, 0.4) is 0 Å². The summed E-state index contributed by atoms with van der Waals surface area (Å²) in [5.41, 5.74) is 0. The Morgan fingerprint density at radius 1 is 1.28 bits per heavy atom. The molecule has 5 nitrogen and oxygen atoms in total. The first kappa shape index (κ1) is 13.4. The minimum absolute atomic E-state index is 0.00663. The Morgan fingerprint density at radius 3 is 2.33 bits per heavy atom. The monoisotopic (exact) mass is 270 g/mol. The van der Waals surface area contributed by atoms with Crippen molar-refractivity contribution in [3.63, 3.8) is 0 Å². The van der Waals surface area contributed by atoms with Crippen LogP contribution in [-0.2, 0) is 9.59 Å². The summed E-state index contributed by atoms with van der Waals surface area (Å²) < 4.78 is 0. The molecule has 3 amide bonds. The zero-order valence-electron chi connectivity index (χ0n) is 10.7. The van der Waals surface area contributed by atoms with E-state index in [9.17, 15) is 14.4 Å². The van der Waals surface area contributed by atoms with Gasteiger partial charge in [0.25, 0.3) is 5.24 Å². The van der Waals surface area contributed by atoms with Crippen LogP contribution in [0, 0.1) is 5.92 Å². The minimum atomic E-state index is -0.131. The molecule has 2 rings (SSSR count). The van der Waals surface area contributed by atoms with Crippen molar-refractivity contribution in [1.82, 2.24) is 9.80 Å². The maximum Gasteiger partial charge on any atom is 0.289 e. The van der Waals surface area contributed by atoms with E-state index >= 15 is 0 Å². The molecule has 0 atom stereocenters. The molecule has 6 heteroatoms. The average molecular weight is 270 g/mol. The molecular weight excluding hydrogens is 252 g/mol. The molecule has 0 saturated carbocycles. The summed E-state index contributed by atoms with van der Waals surface area (Å²) in [5, 5.41) is -0.131. The number of carbonyl (C=O) groups excluding carboxylic acids is 3. The Bertz CT molecular complexity index is 360.